The van der Waals surface area contributed by atoms with E-state index in [0.29, 0.717) is 17.8 Å². The van der Waals surface area contributed by atoms with E-state index in [-0.39, 0.29) is 5.82 Å². The number of carbonyl (C=O) groups excluding carboxylic acids is 1. The lowest BCUT2D eigenvalue weighted by molar-refractivity contribution is -0.119. The third-order valence-corrected chi connectivity index (χ3v) is 6.07. The number of rotatable bonds is 6. The number of aryl methyl sites for hydroxylation is 1. The number of pyridine rings is 3. The first-order chi connectivity index (χ1) is 15.8. The van der Waals surface area contributed by atoms with Crippen molar-refractivity contribution in [1.29, 1.82) is 0 Å². The predicted molar refractivity (Wildman–Crippen MR) is 120 cm³/mol. The number of anilines is 1. The third-order valence-electron chi connectivity index (χ3n) is 6.07. The van der Waals surface area contributed by atoms with Gasteiger partial charge in [-0.25, -0.2) is 18.7 Å². The van der Waals surface area contributed by atoms with Crippen LogP contribution in [0.15, 0.2) is 43.0 Å². The quantitative estimate of drug-likeness (QED) is 0.444. The SMILES string of the molecule is CCC[C@H](O)c1cc(C)c(-c2cc3cnc(NC(=O)C4CC4(F)F)cc3n3ccnc23)cn1. The van der Waals surface area contributed by atoms with Gasteiger partial charge in [0, 0.05) is 53.8 Å². The van der Waals surface area contributed by atoms with Gasteiger partial charge in [-0.1, -0.05) is 13.3 Å². The molecule has 1 saturated carbocycles. The van der Waals surface area contributed by atoms with Crippen LogP contribution in [0.5, 0.6) is 0 Å². The molecule has 4 aromatic rings. The number of carbonyl (C=O) groups is 1. The molecule has 0 spiro atoms. The van der Waals surface area contributed by atoms with Crippen LogP contribution in [0.1, 0.15) is 43.5 Å². The number of aliphatic hydroxyl groups excluding tert-OH is 1. The van der Waals surface area contributed by atoms with E-state index in [9.17, 15) is 18.7 Å². The maximum atomic E-state index is 13.2. The fourth-order valence-corrected chi connectivity index (χ4v) is 4.13. The fraction of sp³-hybridized carbons (Fsp3) is 0.333. The van der Waals surface area contributed by atoms with Crippen LogP contribution in [0, 0.1) is 12.8 Å². The van der Waals surface area contributed by atoms with Gasteiger partial charge in [0.15, 0.2) is 0 Å². The van der Waals surface area contributed by atoms with Gasteiger partial charge < -0.3 is 10.4 Å². The topological polar surface area (TPSA) is 92.4 Å². The van der Waals surface area contributed by atoms with Crippen molar-refractivity contribution in [3.63, 3.8) is 0 Å². The minimum absolute atomic E-state index is 0.213. The molecular weight excluding hydrogens is 428 g/mol. The lowest BCUT2D eigenvalue weighted by Crippen LogP contribution is -2.18. The highest BCUT2D eigenvalue weighted by atomic mass is 19.3. The van der Waals surface area contributed by atoms with Crippen LogP contribution in [-0.4, -0.2) is 36.3 Å². The molecule has 170 valence electrons. The van der Waals surface area contributed by atoms with Gasteiger partial charge in [-0.3, -0.25) is 14.2 Å². The zero-order valence-electron chi connectivity index (χ0n) is 18.2. The number of hydrogen-bond donors (Lipinski definition) is 2. The Hall–Kier alpha value is -3.46. The van der Waals surface area contributed by atoms with Gasteiger partial charge >= 0.3 is 0 Å². The molecule has 33 heavy (non-hydrogen) atoms. The number of fused-ring (bicyclic) bond motifs is 3. The van der Waals surface area contributed by atoms with Crippen molar-refractivity contribution in [3.05, 3.63) is 54.2 Å². The van der Waals surface area contributed by atoms with Gasteiger partial charge in [0.25, 0.3) is 5.92 Å². The summed E-state index contributed by atoms with van der Waals surface area (Å²) in [6.45, 7) is 3.98. The van der Waals surface area contributed by atoms with Crippen LogP contribution in [-0.2, 0) is 4.79 Å². The number of nitrogens with zero attached hydrogens (tertiary/aromatic N) is 4. The molecule has 0 aliphatic heterocycles. The van der Waals surface area contributed by atoms with Gasteiger partial charge in [-0.15, -0.1) is 0 Å². The molecule has 0 bridgehead atoms. The number of imidazole rings is 1. The van der Waals surface area contributed by atoms with Crippen molar-refractivity contribution in [3.8, 4) is 11.1 Å². The number of hydrogen-bond acceptors (Lipinski definition) is 5. The van der Waals surface area contributed by atoms with Gasteiger partial charge in [0.2, 0.25) is 5.91 Å². The van der Waals surface area contributed by atoms with Crippen LogP contribution in [0.25, 0.3) is 27.7 Å². The second-order valence-electron chi connectivity index (χ2n) is 8.54. The van der Waals surface area contributed by atoms with E-state index in [2.05, 4.69) is 20.3 Å². The molecule has 0 saturated heterocycles. The van der Waals surface area contributed by atoms with E-state index in [1.165, 1.54) is 0 Å². The Morgan fingerprint density at radius 2 is 2.03 bits per heavy atom. The molecule has 5 rings (SSSR count). The maximum absolute atomic E-state index is 13.2. The molecule has 4 aromatic heterocycles. The highest BCUT2D eigenvalue weighted by Crippen LogP contribution is 2.49. The summed E-state index contributed by atoms with van der Waals surface area (Å²) < 4.78 is 28.3. The van der Waals surface area contributed by atoms with E-state index in [4.69, 9.17) is 0 Å². The minimum Gasteiger partial charge on any atom is -0.387 e. The second kappa shape index (κ2) is 7.84. The summed E-state index contributed by atoms with van der Waals surface area (Å²) in [5, 5.41) is 13.6. The normalized spacial score (nSPS) is 17.9. The first-order valence-corrected chi connectivity index (χ1v) is 10.9. The molecule has 1 aliphatic carbocycles. The van der Waals surface area contributed by atoms with Gasteiger partial charge in [-0.05, 0) is 31.0 Å². The summed E-state index contributed by atoms with van der Waals surface area (Å²) in [6.07, 6.45) is 7.30. The number of halogens is 2. The molecule has 1 fully saturated rings. The predicted octanol–water partition coefficient (Wildman–Crippen LogP) is 4.68. The lowest BCUT2D eigenvalue weighted by Gasteiger charge is -2.14. The standard InChI is InChI=1S/C24H23F2N5O2/c1-3-4-20(32)18-7-13(2)16(12-28-18)15-8-14-11-29-21(30-23(33)17-10-24(17,25)26)9-19(14)31-6-5-27-22(15)31/h5-9,11-12,17,20,32H,3-4,10H2,1-2H3,(H,29,30,33)/t17?,20-/m0/s1. The molecule has 2 atom stereocenters. The van der Waals surface area contributed by atoms with Crippen molar-refractivity contribution in [2.45, 2.75) is 45.1 Å². The Morgan fingerprint density at radius 3 is 2.73 bits per heavy atom. The molecule has 0 radical (unpaired) electrons. The van der Waals surface area contributed by atoms with Crippen molar-refractivity contribution >= 4 is 28.3 Å². The van der Waals surface area contributed by atoms with E-state index in [0.717, 1.165) is 34.0 Å². The molecule has 9 heteroatoms. The van der Waals surface area contributed by atoms with Gasteiger partial charge in [0.1, 0.15) is 17.4 Å². The molecule has 1 aliphatic rings. The number of alkyl halides is 2. The first-order valence-electron chi connectivity index (χ1n) is 10.9. The van der Waals surface area contributed by atoms with Gasteiger partial charge in [-0.2, -0.15) is 0 Å². The number of aromatic nitrogens is 4. The smallest absolute Gasteiger partial charge is 0.260 e. The number of nitrogens with one attached hydrogen (secondary N) is 1. The van der Waals surface area contributed by atoms with E-state index >= 15 is 0 Å². The molecule has 0 aromatic carbocycles. The first kappa shape index (κ1) is 21.4. The Balaban J connectivity index is 1.54. The average Bonchev–Trinajstić information content (AvgIpc) is 3.18. The van der Waals surface area contributed by atoms with Crippen molar-refractivity contribution in [2.75, 3.05) is 5.32 Å². The summed E-state index contributed by atoms with van der Waals surface area (Å²) in [5.74, 6) is -4.73. The van der Waals surface area contributed by atoms with Crippen molar-refractivity contribution in [2.24, 2.45) is 5.92 Å². The van der Waals surface area contributed by atoms with Crippen molar-refractivity contribution in [1.82, 2.24) is 19.4 Å². The summed E-state index contributed by atoms with van der Waals surface area (Å²) in [4.78, 5) is 25.3. The monoisotopic (exact) mass is 451 g/mol. The zero-order valence-corrected chi connectivity index (χ0v) is 18.2. The average molecular weight is 451 g/mol. The number of amides is 1. The highest BCUT2D eigenvalue weighted by molar-refractivity contribution is 5.97. The van der Waals surface area contributed by atoms with Gasteiger partial charge in [0.05, 0.1) is 17.3 Å². The zero-order chi connectivity index (χ0) is 23.3. The van der Waals surface area contributed by atoms with Crippen LogP contribution < -0.4 is 5.32 Å². The lowest BCUT2D eigenvalue weighted by atomic mass is 10.00. The molecule has 2 N–H and O–H groups in total. The van der Waals surface area contributed by atoms with E-state index in [1.54, 1.807) is 30.9 Å². The minimum atomic E-state index is -2.93. The summed E-state index contributed by atoms with van der Waals surface area (Å²) >= 11 is 0. The maximum Gasteiger partial charge on any atom is 0.260 e. The Kier molecular flexibility index (Phi) is 5.08. The molecule has 4 heterocycles. The summed E-state index contributed by atoms with van der Waals surface area (Å²) in [6, 6.07) is 5.49. The fourth-order valence-electron chi connectivity index (χ4n) is 4.13. The van der Waals surface area contributed by atoms with Crippen LogP contribution in [0.2, 0.25) is 0 Å². The second-order valence-corrected chi connectivity index (χ2v) is 8.54. The Labute approximate surface area is 188 Å². The van der Waals surface area contributed by atoms with Crippen molar-refractivity contribution < 1.29 is 18.7 Å². The highest BCUT2D eigenvalue weighted by Gasteiger charge is 2.61. The number of aliphatic hydroxyl groups is 1. The Bertz CT molecular complexity index is 1380. The Morgan fingerprint density at radius 1 is 1.24 bits per heavy atom. The van der Waals surface area contributed by atoms with E-state index in [1.807, 2.05) is 30.4 Å². The summed E-state index contributed by atoms with van der Waals surface area (Å²) in [5.41, 5.74) is 4.76. The largest absolute Gasteiger partial charge is 0.387 e. The molecule has 1 unspecified atom stereocenters. The van der Waals surface area contributed by atoms with Crippen LogP contribution >= 0.6 is 0 Å². The summed E-state index contributed by atoms with van der Waals surface area (Å²) in [7, 11) is 0. The van der Waals surface area contributed by atoms with E-state index < -0.39 is 30.3 Å². The molecular formula is C24H23F2N5O2. The molecule has 1 amide bonds. The van der Waals surface area contributed by atoms with Crippen LogP contribution in [0.4, 0.5) is 14.6 Å². The van der Waals surface area contributed by atoms with Crippen LogP contribution in [0.3, 0.4) is 0 Å². The third kappa shape index (κ3) is 3.82. The molecule has 7 nitrogen and oxygen atoms in total.